The van der Waals surface area contributed by atoms with Gasteiger partial charge in [0.2, 0.25) is 5.91 Å². The normalized spacial score (nSPS) is 27.7. The first kappa shape index (κ1) is 15.2. The molecule has 1 saturated carbocycles. The summed E-state index contributed by atoms with van der Waals surface area (Å²) in [5.74, 6) is 2.08. The van der Waals surface area contributed by atoms with Gasteiger partial charge in [0.15, 0.2) is 0 Å². The molecular formula is C17H23ClN4O. The van der Waals surface area contributed by atoms with Crippen molar-refractivity contribution in [2.45, 2.75) is 25.3 Å². The third-order valence-electron chi connectivity index (χ3n) is 5.53. The first-order chi connectivity index (χ1) is 11.2. The van der Waals surface area contributed by atoms with Crippen molar-refractivity contribution in [3.63, 3.8) is 0 Å². The molecule has 0 unspecified atom stereocenters. The first-order valence-corrected chi connectivity index (χ1v) is 8.95. The fourth-order valence-electron chi connectivity index (χ4n) is 4.23. The summed E-state index contributed by atoms with van der Waals surface area (Å²) in [7, 11) is 0. The molecule has 2 bridgehead atoms. The molecule has 3 heterocycles. The molecule has 0 N–H and O–H groups in total. The van der Waals surface area contributed by atoms with Gasteiger partial charge in [-0.2, -0.15) is 0 Å². The monoisotopic (exact) mass is 334 g/mol. The van der Waals surface area contributed by atoms with Crippen LogP contribution < -0.4 is 4.90 Å². The number of amides is 1. The van der Waals surface area contributed by atoms with Gasteiger partial charge in [-0.15, -0.1) is 0 Å². The number of piperidine rings is 1. The Morgan fingerprint density at radius 3 is 2.65 bits per heavy atom. The Morgan fingerprint density at radius 1 is 1.22 bits per heavy atom. The largest absolute Gasteiger partial charge is 0.353 e. The second kappa shape index (κ2) is 6.29. The van der Waals surface area contributed by atoms with Crippen molar-refractivity contribution < 1.29 is 4.79 Å². The number of hydrogen-bond donors (Lipinski definition) is 0. The molecule has 3 fully saturated rings. The molecule has 1 amide bonds. The quantitative estimate of drug-likeness (QED) is 0.846. The lowest BCUT2D eigenvalue weighted by atomic mass is 10.1. The maximum atomic E-state index is 12.6. The molecule has 4 rings (SSSR count). The second-order valence-electron chi connectivity index (χ2n) is 6.96. The minimum atomic E-state index is 0.293. The van der Waals surface area contributed by atoms with Crippen LogP contribution in [0.5, 0.6) is 0 Å². The van der Waals surface area contributed by atoms with Crippen molar-refractivity contribution in [1.82, 2.24) is 14.8 Å². The van der Waals surface area contributed by atoms with Gasteiger partial charge in [-0.1, -0.05) is 11.6 Å². The Bertz CT molecular complexity index is 570. The average Bonchev–Trinajstić information content (AvgIpc) is 3.18. The molecular weight excluding hydrogens is 312 g/mol. The van der Waals surface area contributed by atoms with E-state index in [4.69, 9.17) is 11.6 Å². The Labute approximate surface area is 142 Å². The van der Waals surface area contributed by atoms with E-state index in [0.717, 1.165) is 44.5 Å². The Kier molecular flexibility index (Phi) is 4.16. The number of hydrogen-bond acceptors (Lipinski definition) is 4. The molecule has 2 aliphatic heterocycles. The van der Waals surface area contributed by atoms with E-state index in [1.54, 1.807) is 6.20 Å². The number of pyridine rings is 1. The Balaban J connectivity index is 1.29. The van der Waals surface area contributed by atoms with Gasteiger partial charge < -0.3 is 9.80 Å². The second-order valence-corrected chi connectivity index (χ2v) is 7.40. The average molecular weight is 335 g/mol. The minimum Gasteiger partial charge on any atom is -0.353 e. The Morgan fingerprint density at radius 2 is 2.04 bits per heavy atom. The van der Waals surface area contributed by atoms with Crippen LogP contribution in [0, 0.1) is 5.92 Å². The molecule has 2 saturated heterocycles. The lowest BCUT2D eigenvalue weighted by Gasteiger charge is -2.37. The van der Waals surface area contributed by atoms with Gasteiger partial charge in [0.1, 0.15) is 5.82 Å². The van der Waals surface area contributed by atoms with Gasteiger partial charge in [0.25, 0.3) is 0 Å². The molecule has 0 spiro atoms. The van der Waals surface area contributed by atoms with Crippen LogP contribution in [0.25, 0.3) is 0 Å². The van der Waals surface area contributed by atoms with Crippen LogP contribution in [-0.2, 0) is 4.79 Å². The van der Waals surface area contributed by atoms with E-state index >= 15 is 0 Å². The predicted molar refractivity (Wildman–Crippen MR) is 90.7 cm³/mol. The number of piperazine rings is 1. The van der Waals surface area contributed by atoms with Crippen molar-refractivity contribution in [3.8, 4) is 0 Å². The van der Waals surface area contributed by atoms with Crippen LogP contribution in [0.3, 0.4) is 0 Å². The molecule has 0 aromatic carbocycles. The predicted octanol–water partition coefficient (Wildman–Crippen LogP) is 1.87. The van der Waals surface area contributed by atoms with Crippen LogP contribution in [-0.4, -0.2) is 66.0 Å². The summed E-state index contributed by atoms with van der Waals surface area (Å²) in [6, 6.07) is 4.48. The minimum absolute atomic E-state index is 0.293. The van der Waals surface area contributed by atoms with Crippen molar-refractivity contribution >= 4 is 23.3 Å². The van der Waals surface area contributed by atoms with E-state index in [2.05, 4.69) is 14.8 Å². The lowest BCUT2D eigenvalue weighted by molar-refractivity contribution is -0.133. The number of nitrogens with zero attached hydrogens (tertiary/aromatic N) is 4. The third kappa shape index (κ3) is 3.17. The summed E-state index contributed by atoms with van der Waals surface area (Å²) in [5.41, 5.74) is 0. The summed E-state index contributed by atoms with van der Waals surface area (Å²) in [5, 5.41) is 0.655. The van der Waals surface area contributed by atoms with Crippen LogP contribution in [0.2, 0.25) is 5.02 Å². The number of fused-ring (bicyclic) bond motifs is 2. The van der Waals surface area contributed by atoms with E-state index in [1.165, 1.54) is 19.3 Å². The summed E-state index contributed by atoms with van der Waals surface area (Å²) < 4.78 is 0. The van der Waals surface area contributed by atoms with Crippen molar-refractivity contribution in [1.29, 1.82) is 0 Å². The molecule has 5 nitrogen and oxygen atoms in total. The summed E-state index contributed by atoms with van der Waals surface area (Å²) >= 11 is 5.88. The van der Waals surface area contributed by atoms with Crippen LogP contribution >= 0.6 is 11.6 Å². The molecule has 124 valence electrons. The molecule has 1 aromatic heterocycles. The van der Waals surface area contributed by atoms with Crippen LogP contribution in [0.15, 0.2) is 18.3 Å². The summed E-state index contributed by atoms with van der Waals surface area (Å²) in [6.07, 6.45) is 5.64. The highest BCUT2D eigenvalue weighted by atomic mass is 35.5. The van der Waals surface area contributed by atoms with E-state index in [0.29, 0.717) is 23.5 Å². The maximum Gasteiger partial charge on any atom is 0.236 e. The van der Waals surface area contributed by atoms with Gasteiger partial charge in [-0.3, -0.25) is 9.69 Å². The first-order valence-electron chi connectivity index (χ1n) is 8.57. The summed E-state index contributed by atoms with van der Waals surface area (Å²) in [4.78, 5) is 23.6. The van der Waals surface area contributed by atoms with Crippen molar-refractivity contribution in [3.05, 3.63) is 23.4 Å². The SMILES string of the molecule is O=C(CN1C[C@H]2CC[C@@H]1C2)N1CCN(c2ccc(Cl)cn2)CC1. The number of aromatic nitrogens is 1. The van der Waals surface area contributed by atoms with Crippen molar-refractivity contribution in [2.24, 2.45) is 5.92 Å². The smallest absolute Gasteiger partial charge is 0.236 e. The number of carbonyl (C=O) groups is 1. The van der Waals surface area contributed by atoms with Crippen molar-refractivity contribution in [2.75, 3.05) is 44.2 Å². The molecule has 23 heavy (non-hydrogen) atoms. The van der Waals surface area contributed by atoms with E-state index < -0.39 is 0 Å². The number of halogens is 1. The van der Waals surface area contributed by atoms with Crippen LogP contribution in [0.4, 0.5) is 5.82 Å². The van der Waals surface area contributed by atoms with E-state index in [1.807, 2.05) is 17.0 Å². The highest BCUT2D eigenvalue weighted by Crippen LogP contribution is 2.37. The third-order valence-corrected chi connectivity index (χ3v) is 5.75. The summed E-state index contributed by atoms with van der Waals surface area (Å²) in [6.45, 7) is 4.99. The van der Waals surface area contributed by atoms with E-state index in [-0.39, 0.29) is 0 Å². The fourth-order valence-corrected chi connectivity index (χ4v) is 4.35. The molecule has 1 aromatic rings. The van der Waals surface area contributed by atoms with Gasteiger partial charge >= 0.3 is 0 Å². The van der Waals surface area contributed by atoms with Crippen LogP contribution in [0.1, 0.15) is 19.3 Å². The zero-order valence-electron chi connectivity index (χ0n) is 13.3. The molecule has 2 atom stereocenters. The molecule has 0 radical (unpaired) electrons. The molecule has 6 heteroatoms. The number of likely N-dealkylation sites (tertiary alicyclic amines) is 1. The number of rotatable bonds is 3. The van der Waals surface area contributed by atoms with Gasteiger partial charge in [-0.05, 0) is 37.3 Å². The fraction of sp³-hybridized carbons (Fsp3) is 0.647. The lowest BCUT2D eigenvalue weighted by Crippen LogP contribution is -2.52. The maximum absolute atomic E-state index is 12.6. The number of anilines is 1. The topological polar surface area (TPSA) is 39.7 Å². The number of carbonyl (C=O) groups excluding carboxylic acids is 1. The Hall–Kier alpha value is -1.33. The highest BCUT2D eigenvalue weighted by molar-refractivity contribution is 6.30. The standard InChI is InChI=1S/C17H23ClN4O/c18-14-2-4-16(19-10-14)20-5-7-21(8-6-20)17(23)12-22-11-13-1-3-15(22)9-13/h2,4,10,13,15H,1,3,5-9,11-12H2/t13-,15+/m0/s1. The molecule has 3 aliphatic rings. The molecule has 1 aliphatic carbocycles. The van der Waals surface area contributed by atoms with Gasteiger partial charge in [0, 0.05) is 45.0 Å². The van der Waals surface area contributed by atoms with Gasteiger partial charge in [0.05, 0.1) is 11.6 Å². The zero-order valence-corrected chi connectivity index (χ0v) is 14.1. The zero-order chi connectivity index (χ0) is 15.8. The van der Waals surface area contributed by atoms with Gasteiger partial charge in [-0.25, -0.2) is 4.98 Å². The van der Waals surface area contributed by atoms with E-state index in [9.17, 15) is 4.79 Å². The highest BCUT2D eigenvalue weighted by Gasteiger charge is 2.39.